The van der Waals surface area contributed by atoms with Crippen LogP contribution in [0.25, 0.3) is 0 Å². The Morgan fingerprint density at radius 3 is 2.26 bits per heavy atom. The van der Waals surface area contributed by atoms with E-state index in [1.807, 2.05) is 6.07 Å². The van der Waals surface area contributed by atoms with Gasteiger partial charge in [0.15, 0.2) is 0 Å². The fourth-order valence-corrected chi connectivity index (χ4v) is 4.78. The van der Waals surface area contributed by atoms with Crippen molar-refractivity contribution < 1.29 is 0 Å². The largest absolute Gasteiger partial charge is 0.311 e. The van der Waals surface area contributed by atoms with Gasteiger partial charge in [0.05, 0.1) is 10.4 Å². The molecule has 1 N–H and O–H groups in total. The third kappa shape index (κ3) is 3.15. The lowest BCUT2D eigenvalue weighted by Crippen LogP contribution is -2.52. The summed E-state index contributed by atoms with van der Waals surface area (Å²) < 4.78 is 0.887. The zero-order valence-corrected chi connectivity index (χ0v) is 13.8. The van der Waals surface area contributed by atoms with Crippen molar-refractivity contribution in [1.29, 1.82) is 0 Å². The Labute approximate surface area is 126 Å². The van der Waals surface area contributed by atoms with Crippen molar-refractivity contribution in [2.24, 2.45) is 0 Å². The fraction of sp³-hybridized carbons (Fsp3) is 0.733. The van der Waals surface area contributed by atoms with Gasteiger partial charge in [-0.05, 0) is 46.1 Å². The molecule has 0 aromatic carbocycles. The van der Waals surface area contributed by atoms with E-state index < -0.39 is 0 Å². The zero-order valence-electron chi connectivity index (χ0n) is 12.2. The summed E-state index contributed by atoms with van der Waals surface area (Å²) in [6.45, 7) is 0. The van der Waals surface area contributed by atoms with Crippen LogP contribution in [0.1, 0.15) is 49.4 Å². The Balaban J connectivity index is 2.34. The van der Waals surface area contributed by atoms with Crippen molar-refractivity contribution in [3.05, 3.63) is 21.3 Å². The van der Waals surface area contributed by atoms with Crippen LogP contribution in [0.15, 0.2) is 12.1 Å². The molecule has 1 aliphatic carbocycles. The first kappa shape index (κ1) is 15.3. The van der Waals surface area contributed by atoms with Crippen molar-refractivity contribution in [1.82, 2.24) is 10.2 Å². The highest BCUT2D eigenvalue weighted by Gasteiger charge is 2.41. The lowest BCUT2D eigenvalue weighted by molar-refractivity contribution is 0.0849. The molecular formula is C15H25ClN2S. The van der Waals surface area contributed by atoms with E-state index in [1.54, 1.807) is 11.3 Å². The van der Waals surface area contributed by atoms with Gasteiger partial charge in [0.1, 0.15) is 0 Å². The SMILES string of the molecule is CNC(c1ccc(Cl)s1)C1(N(C)C)CCCCCC1. The molecule has 19 heavy (non-hydrogen) atoms. The van der Waals surface area contributed by atoms with Gasteiger partial charge in [-0.15, -0.1) is 11.3 Å². The Kier molecular flexibility index (Phi) is 5.29. The first-order valence-electron chi connectivity index (χ1n) is 7.20. The van der Waals surface area contributed by atoms with Crippen LogP contribution < -0.4 is 5.32 Å². The fourth-order valence-electron chi connectivity index (χ4n) is 3.49. The van der Waals surface area contributed by atoms with E-state index in [1.165, 1.54) is 43.4 Å². The predicted molar refractivity (Wildman–Crippen MR) is 85.2 cm³/mol. The van der Waals surface area contributed by atoms with Crippen molar-refractivity contribution in [2.45, 2.75) is 50.1 Å². The van der Waals surface area contributed by atoms with Gasteiger partial charge in [-0.1, -0.05) is 37.3 Å². The van der Waals surface area contributed by atoms with Gasteiger partial charge in [-0.2, -0.15) is 0 Å². The monoisotopic (exact) mass is 300 g/mol. The second-order valence-corrected chi connectivity index (χ2v) is 7.52. The van der Waals surface area contributed by atoms with Gasteiger partial charge in [-0.3, -0.25) is 0 Å². The molecule has 0 bridgehead atoms. The maximum absolute atomic E-state index is 6.13. The van der Waals surface area contributed by atoms with E-state index >= 15 is 0 Å². The second kappa shape index (κ2) is 6.57. The maximum Gasteiger partial charge on any atom is 0.0931 e. The van der Waals surface area contributed by atoms with Gasteiger partial charge in [0, 0.05) is 10.4 Å². The number of hydrogen-bond acceptors (Lipinski definition) is 3. The minimum atomic E-state index is 0.222. The van der Waals surface area contributed by atoms with Crippen LogP contribution in [0.2, 0.25) is 4.34 Å². The van der Waals surface area contributed by atoms with E-state index in [0.717, 1.165) is 4.34 Å². The summed E-state index contributed by atoms with van der Waals surface area (Å²) in [7, 11) is 6.53. The molecule has 2 nitrogen and oxygen atoms in total. The van der Waals surface area contributed by atoms with Crippen LogP contribution >= 0.6 is 22.9 Å². The standard InChI is InChI=1S/C15H25ClN2S/c1-17-14(12-8-9-13(16)19-12)15(18(2)3)10-6-4-5-7-11-15/h8-9,14,17H,4-7,10-11H2,1-3H3. The van der Waals surface area contributed by atoms with E-state index in [-0.39, 0.29) is 5.54 Å². The average molecular weight is 301 g/mol. The third-order valence-corrected chi connectivity index (χ3v) is 5.86. The molecule has 108 valence electrons. The minimum absolute atomic E-state index is 0.222. The van der Waals surface area contributed by atoms with Gasteiger partial charge in [0.2, 0.25) is 0 Å². The number of nitrogens with zero attached hydrogens (tertiary/aromatic N) is 1. The Morgan fingerprint density at radius 1 is 1.21 bits per heavy atom. The summed E-state index contributed by atoms with van der Waals surface area (Å²) in [5.74, 6) is 0. The average Bonchev–Trinajstić information content (AvgIpc) is 2.66. The summed E-state index contributed by atoms with van der Waals surface area (Å²) in [5, 5.41) is 3.56. The summed E-state index contributed by atoms with van der Waals surface area (Å²) >= 11 is 7.85. The summed E-state index contributed by atoms with van der Waals surface area (Å²) in [4.78, 5) is 3.80. The Morgan fingerprint density at radius 2 is 1.84 bits per heavy atom. The van der Waals surface area contributed by atoms with E-state index in [9.17, 15) is 0 Å². The number of rotatable bonds is 4. The summed E-state index contributed by atoms with van der Waals surface area (Å²) in [6.07, 6.45) is 7.93. The molecule has 0 radical (unpaired) electrons. The third-order valence-electron chi connectivity index (χ3n) is 4.56. The van der Waals surface area contributed by atoms with E-state index in [0.29, 0.717) is 6.04 Å². The molecule has 0 saturated heterocycles. The number of thiophene rings is 1. The molecule has 1 aromatic rings. The van der Waals surface area contributed by atoms with Gasteiger partial charge >= 0.3 is 0 Å². The molecule has 0 amide bonds. The molecule has 1 aromatic heterocycles. The highest BCUT2D eigenvalue weighted by molar-refractivity contribution is 7.16. The molecule has 1 unspecified atom stereocenters. The van der Waals surface area contributed by atoms with Crippen LogP contribution in [0, 0.1) is 0 Å². The molecule has 1 atom stereocenters. The van der Waals surface area contributed by atoms with Gasteiger partial charge < -0.3 is 10.2 Å². The minimum Gasteiger partial charge on any atom is -0.311 e. The second-order valence-electron chi connectivity index (χ2n) is 5.78. The molecule has 0 spiro atoms. The van der Waals surface area contributed by atoms with Crippen LogP contribution in [-0.2, 0) is 0 Å². The first-order valence-corrected chi connectivity index (χ1v) is 8.39. The maximum atomic E-state index is 6.13. The Hall–Kier alpha value is -0.0900. The molecule has 1 aliphatic rings. The Bertz CT molecular complexity index is 395. The first-order chi connectivity index (χ1) is 9.10. The highest BCUT2D eigenvalue weighted by atomic mass is 35.5. The molecule has 1 heterocycles. The lowest BCUT2D eigenvalue weighted by atomic mass is 9.80. The lowest BCUT2D eigenvalue weighted by Gasteiger charge is -2.45. The summed E-state index contributed by atoms with van der Waals surface area (Å²) in [6, 6.07) is 4.58. The number of likely N-dealkylation sites (N-methyl/N-ethyl adjacent to an activating group) is 2. The van der Waals surface area contributed by atoms with E-state index in [4.69, 9.17) is 11.6 Å². The smallest absolute Gasteiger partial charge is 0.0931 e. The van der Waals surface area contributed by atoms with Crippen LogP contribution in [0.5, 0.6) is 0 Å². The van der Waals surface area contributed by atoms with Gasteiger partial charge in [-0.25, -0.2) is 0 Å². The van der Waals surface area contributed by atoms with Crippen LogP contribution in [0.4, 0.5) is 0 Å². The molecular weight excluding hydrogens is 276 g/mol. The normalized spacial score (nSPS) is 21.3. The number of nitrogens with one attached hydrogen (secondary N) is 1. The highest BCUT2D eigenvalue weighted by Crippen LogP contribution is 2.43. The quantitative estimate of drug-likeness (QED) is 0.833. The van der Waals surface area contributed by atoms with E-state index in [2.05, 4.69) is 37.4 Å². The van der Waals surface area contributed by atoms with Crippen LogP contribution in [-0.4, -0.2) is 31.6 Å². The number of halogens is 1. The topological polar surface area (TPSA) is 15.3 Å². The van der Waals surface area contributed by atoms with Crippen molar-refractivity contribution in [2.75, 3.05) is 21.1 Å². The molecule has 1 fully saturated rings. The van der Waals surface area contributed by atoms with Crippen molar-refractivity contribution in [3.8, 4) is 0 Å². The number of hydrogen-bond donors (Lipinski definition) is 1. The molecule has 0 aliphatic heterocycles. The zero-order chi connectivity index (χ0) is 13.9. The molecule has 4 heteroatoms. The van der Waals surface area contributed by atoms with Crippen LogP contribution in [0.3, 0.4) is 0 Å². The summed E-state index contributed by atoms with van der Waals surface area (Å²) in [5.41, 5.74) is 0.222. The predicted octanol–water partition coefficient (Wildman–Crippen LogP) is 4.32. The molecule has 1 saturated carbocycles. The molecule has 2 rings (SSSR count). The van der Waals surface area contributed by atoms with Crippen molar-refractivity contribution in [3.63, 3.8) is 0 Å². The van der Waals surface area contributed by atoms with Gasteiger partial charge in [0.25, 0.3) is 0 Å². The van der Waals surface area contributed by atoms with Crippen molar-refractivity contribution >= 4 is 22.9 Å².